The summed E-state index contributed by atoms with van der Waals surface area (Å²) in [5, 5.41) is 0. The molecule has 0 amide bonds. The second kappa shape index (κ2) is 9.86. The fourth-order valence-electron chi connectivity index (χ4n) is 2.68. The molecule has 1 aliphatic heterocycles. The van der Waals surface area contributed by atoms with Crippen LogP contribution in [0.3, 0.4) is 0 Å². The number of rotatable bonds is 2. The third-order valence-corrected chi connectivity index (χ3v) is 6.71. The average Bonchev–Trinajstić information content (AvgIpc) is 2.67. The van der Waals surface area contributed by atoms with Crippen molar-refractivity contribution in [2.45, 2.75) is 32.7 Å². The molecule has 1 atom stereocenters. The van der Waals surface area contributed by atoms with Crippen molar-refractivity contribution in [1.29, 1.82) is 0 Å². The molecule has 1 unspecified atom stereocenters. The Morgan fingerprint density at radius 2 is 1.52 bits per heavy atom. The van der Waals surface area contributed by atoms with Crippen molar-refractivity contribution in [3.63, 3.8) is 0 Å². The van der Waals surface area contributed by atoms with Crippen LogP contribution < -0.4 is 0 Å². The SMILES string of the molecule is Br[B-](Br)(Br)Br.C[N+](C)=C1C[N+](C)(Cc2ccc(C(C)(C)C)cc2)[B-](Br)(Br)O1. The van der Waals surface area contributed by atoms with E-state index in [1.54, 1.807) is 0 Å². The van der Waals surface area contributed by atoms with E-state index in [0.717, 1.165) is 23.4 Å². The summed E-state index contributed by atoms with van der Waals surface area (Å²) in [4.78, 5) is 0. The summed E-state index contributed by atoms with van der Waals surface area (Å²) in [7, 11) is 6.27. The van der Waals surface area contributed by atoms with Gasteiger partial charge in [0.05, 0.1) is 6.54 Å². The Morgan fingerprint density at radius 1 is 1.07 bits per heavy atom. The summed E-state index contributed by atoms with van der Waals surface area (Å²) >= 11 is 20.3. The first-order valence-electron chi connectivity index (χ1n) is 8.48. The molecule has 1 aromatic carbocycles. The van der Waals surface area contributed by atoms with Crippen LogP contribution in [-0.2, 0) is 16.6 Å². The standard InChI is InChI=1S/C16H26BBr2N2O.BBr4/c1-16(2,3)14-9-7-13(8-10-14)11-21(6)12-15(20(4)5)22-17(21,18)19;2-1(3,4)5/h7-10H,11-12H2,1-6H3;/q+1;-1. The largest absolute Gasteiger partial charge is 0.598 e. The van der Waals surface area contributed by atoms with Crippen LogP contribution in [0.15, 0.2) is 24.3 Å². The van der Waals surface area contributed by atoms with Gasteiger partial charge in [-0.15, -0.1) is 0 Å². The quantitative estimate of drug-likeness (QED) is 0.237. The lowest BCUT2D eigenvalue weighted by atomic mass is 9.86. The lowest BCUT2D eigenvalue weighted by Crippen LogP contribution is -2.55. The maximum absolute atomic E-state index is 6.09. The van der Waals surface area contributed by atoms with Crippen LogP contribution in [-0.4, -0.2) is 48.1 Å². The molecule has 0 radical (unpaired) electrons. The molecule has 0 N–H and O–H groups in total. The van der Waals surface area contributed by atoms with E-state index in [9.17, 15) is 0 Å². The highest BCUT2D eigenvalue weighted by Crippen LogP contribution is 2.39. The van der Waals surface area contributed by atoms with Crippen LogP contribution in [0.25, 0.3) is 0 Å². The minimum Gasteiger partial charge on any atom is -0.598 e. The van der Waals surface area contributed by atoms with E-state index in [1.165, 1.54) is 11.1 Å². The van der Waals surface area contributed by atoms with E-state index in [-0.39, 0.29) is 5.41 Å². The van der Waals surface area contributed by atoms with Crippen LogP contribution in [0.2, 0.25) is 0 Å². The minimum atomic E-state index is -1.30. The maximum atomic E-state index is 6.09. The topological polar surface area (TPSA) is 12.2 Å². The van der Waals surface area contributed by atoms with Gasteiger partial charge in [0.2, 0.25) is 1.44 Å². The molecule has 1 heterocycles. The first kappa shape index (κ1) is 26.7. The van der Waals surface area contributed by atoms with Gasteiger partial charge in [0.15, 0.2) is 6.54 Å². The zero-order valence-corrected chi connectivity index (χ0v) is 26.0. The summed E-state index contributed by atoms with van der Waals surface area (Å²) in [6.07, 6.45) is 0. The van der Waals surface area contributed by atoms with Gasteiger partial charge in [0.1, 0.15) is 14.1 Å². The molecule has 27 heavy (non-hydrogen) atoms. The Bertz CT molecular complexity index is 676. The third-order valence-electron chi connectivity index (χ3n) is 4.36. The summed E-state index contributed by atoms with van der Waals surface area (Å²) in [6, 6.07) is 8.96. The lowest BCUT2D eigenvalue weighted by molar-refractivity contribution is -0.809. The highest BCUT2D eigenvalue weighted by molar-refractivity contribution is 9.90. The van der Waals surface area contributed by atoms with Crippen LogP contribution in [0.4, 0.5) is 0 Å². The van der Waals surface area contributed by atoms with Gasteiger partial charge in [0.25, 0.3) is 0 Å². The zero-order chi connectivity index (χ0) is 21.3. The Labute approximate surface area is 213 Å². The molecule has 0 aliphatic carbocycles. The number of likely N-dealkylation sites (N-methyl/N-ethyl adjacent to an activating group) is 1. The summed E-state index contributed by atoms with van der Waals surface area (Å²) in [5.74, 6) is 1.00. The maximum Gasteiger partial charge on any atom is 0.513 e. The van der Waals surface area contributed by atoms with E-state index in [0.29, 0.717) is 0 Å². The van der Waals surface area contributed by atoms with Gasteiger partial charge in [-0.2, -0.15) is 0 Å². The zero-order valence-electron chi connectivity index (χ0n) is 16.4. The lowest BCUT2D eigenvalue weighted by Gasteiger charge is -2.43. The third kappa shape index (κ3) is 8.74. The number of halogens is 6. The molecule has 3 nitrogen and oxygen atoms in total. The highest BCUT2D eigenvalue weighted by Gasteiger charge is 2.52. The Morgan fingerprint density at radius 3 is 1.85 bits per heavy atom. The van der Waals surface area contributed by atoms with Crippen LogP contribution in [0.5, 0.6) is 0 Å². The van der Waals surface area contributed by atoms with Crippen molar-refractivity contribution in [2.75, 3.05) is 27.7 Å². The van der Waals surface area contributed by atoms with Crippen LogP contribution in [0.1, 0.15) is 31.9 Å². The smallest absolute Gasteiger partial charge is 0.513 e. The van der Waals surface area contributed by atoms with Crippen LogP contribution in [0, 0.1) is 0 Å². The number of hydrogen-bond donors (Lipinski definition) is 0. The average molecular weight is 763 g/mol. The predicted octanol–water partition coefficient (Wildman–Crippen LogP) is 6.86. The molecule has 0 spiro atoms. The van der Waals surface area contributed by atoms with E-state index in [2.05, 4.69) is 147 Å². The molecule has 0 bridgehead atoms. The van der Waals surface area contributed by atoms with Gasteiger partial charge in [-0.1, -0.05) is 45.0 Å². The van der Waals surface area contributed by atoms with Gasteiger partial charge < -0.3 is 72.1 Å². The van der Waals surface area contributed by atoms with Gasteiger partial charge in [-0.25, -0.2) is 36.1 Å². The fourth-order valence-corrected chi connectivity index (χ4v) is 3.69. The molecule has 1 aliphatic rings. The highest BCUT2D eigenvalue weighted by atomic mass is 80.0. The Balaban J connectivity index is 0.000000646. The molecule has 2 rings (SSSR count). The van der Waals surface area contributed by atoms with Crippen molar-refractivity contribution in [3.05, 3.63) is 35.4 Å². The Hall–Kier alpha value is 1.66. The van der Waals surface area contributed by atoms with Crippen molar-refractivity contribution < 1.29 is 13.6 Å². The van der Waals surface area contributed by atoms with Crippen LogP contribution >= 0.6 is 94.5 Å². The van der Waals surface area contributed by atoms with E-state index in [1.807, 2.05) is 18.7 Å². The molecule has 1 saturated heterocycles. The van der Waals surface area contributed by atoms with Gasteiger partial charge in [-0.3, -0.25) is 0 Å². The molecule has 0 saturated carbocycles. The number of quaternary nitrogens is 1. The van der Waals surface area contributed by atoms with Gasteiger partial charge >= 0.3 is 10.0 Å². The first-order valence-corrected chi connectivity index (χ1v) is 14.0. The van der Waals surface area contributed by atoms with Crippen molar-refractivity contribution in [2.24, 2.45) is 0 Å². The predicted molar refractivity (Wildman–Crippen MR) is 143 cm³/mol. The molecule has 1 aromatic rings. The second-order valence-corrected chi connectivity index (χ2v) is 24.8. The van der Waals surface area contributed by atoms with Crippen molar-refractivity contribution in [1.82, 2.24) is 0 Å². The second-order valence-electron chi connectivity index (χ2n) is 8.20. The monoisotopic (exact) mass is 758 g/mol. The first-order chi connectivity index (χ1) is 11.9. The van der Waals surface area contributed by atoms with E-state index >= 15 is 0 Å². The molecule has 154 valence electrons. The molecular formula is C16H26B2Br6N2O. The molecule has 0 aromatic heterocycles. The van der Waals surface area contributed by atoms with Crippen molar-refractivity contribution in [3.8, 4) is 0 Å². The van der Waals surface area contributed by atoms with Gasteiger partial charge in [-0.05, 0) is 11.0 Å². The normalized spacial score (nSPS) is 22.0. The van der Waals surface area contributed by atoms with Crippen molar-refractivity contribution >= 4 is 106 Å². The number of nitrogens with zero attached hydrogens (tertiary/aromatic N) is 2. The summed E-state index contributed by atoms with van der Waals surface area (Å²) < 4.78 is 6.85. The molecule has 1 fully saturated rings. The minimum absolute atomic E-state index is 0.193. The fraction of sp³-hybridized carbons (Fsp3) is 0.562. The number of hydrogen-bond acceptors (Lipinski definition) is 1. The Kier molecular flexibility index (Phi) is 9.75. The summed E-state index contributed by atoms with van der Waals surface area (Å²) in [6.45, 7) is 8.51. The molecular weight excluding hydrogens is 737 g/mol. The van der Waals surface area contributed by atoms with E-state index in [4.69, 9.17) is 4.65 Å². The van der Waals surface area contributed by atoms with Gasteiger partial charge in [0, 0.05) is 12.6 Å². The number of benzene rings is 1. The summed E-state index contributed by atoms with van der Waals surface area (Å²) in [5.41, 5.74) is 2.88. The molecule has 11 heteroatoms. The van der Waals surface area contributed by atoms with E-state index < -0.39 is 5.57 Å².